The molecule has 0 aromatic heterocycles. The SMILES string of the molecule is CN(C)c1ccc([N+](=O)[O-])c(C(N)=O)c1. The number of hydrogen-bond donors (Lipinski definition) is 1. The molecule has 15 heavy (non-hydrogen) atoms. The van der Waals surface area contributed by atoms with Gasteiger partial charge in [-0.2, -0.15) is 0 Å². The number of rotatable bonds is 3. The summed E-state index contributed by atoms with van der Waals surface area (Å²) < 4.78 is 0. The summed E-state index contributed by atoms with van der Waals surface area (Å²) in [7, 11) is 3.54. The van der Waals surface area contributed by atoms with E-state index in [1.54, 1.807) is 25.1 Å². The van der Waals surface area contributed by atoms with Crippen LogP contribution in [0.1, 0.15) is 10.4 Å². The highest BCUT2D eigenvalue weighted by Gasteiger charge is 2.18. The number of carbonyl (C=O) groups excluding carboxylic acids is 1. The van der Waals surface area contributed by atoms with Crippen molar-refractivity contribution in [1.29, 1.82) is 0 Å². The average Bonchev–Trinajstić information content (AvgIpc) is 2.16. The number of hydrogen-bond acceptors (Lipinski definition) is 4. The Labute approximate surface area is 86.4 Å². The Morgan fingerprint density at radius 3 is 2.47 bits per heavy atom. The monoisotopic (exact) mass is 209 g/mol. The van der Waals surface area contributed by atoms with Gasteiger partial charge in [0.05, 0.1) is 4.92 Å². The number of nitrogens with zero attached hydrogens (tertiary/aromatic N) is 2. The molecule has 0 saturated carbocycles. The Morgan fingerprint density at radius 2 is 2.07 bits per heavy atom. The van der Waals surface area contributed by atoms with Gasteiger partial charge in [0.2, 0.25) is 0 Å². The summed E-state index contributed by atoms with van der Waals surface area (Å²) in [6.45, 7) is 0. The van der Waals surface area contributed by atoms with E-state index in [0.717, 1.165) is 0 Å². The van der Waals surface area contributed by atoms with E-state index in [-0.39, 0.29) is 11.3 Å². The summed E-state index contributed by atoms with van der Waals surface area (Å²) in [5.41, 5.74) is 5.40. The van der Waals surface area contributed by atoms with Crippen LogP contribution in [0.15, 0.2) is 18.2 Å². The zero-order valence-corrected chi connectivity index (χ0v) is 8.43. The van der Waals surface area contributed by atoms with Crippen LogP contribution in [0.5, 0.6) is 0 Å². The number of carbonyl (C=O) groups is 1. The first-order valence-electron chi connectivity index (χ1n) is 4.19. The predicted molar refractivity (Wildman–Crippen MR) is 55.9 cm³/mol. The Kier molecular flexibility index (Phi) is 2.89. The van der Waals surface area contributed by atoms with Crippen LogP contribution in [-0.4, -0.2) is 24.9 Å². The normalized spacial score (nSPS) is 9.73. The van der Waals surface area contributed by atoms with E-state index in [0.29, 0.717) is 5.69 Å². The lowest BCUT2D eigenvalue weighted by Crippen LogP contribution is -2.15. The van der Waals surface area contributed by atoms with Crippen molar-refractivity contribution in [3.63, 3.8) is 0 Å². The van der Waals surface area contributed by atoms with Gasteiger partial charge in [-0.15, -0.1) is 0 Å². The van der Waals surface area contributed by atoms with Gasteiger partial charge >= 0.3 is 0 Å². The van der Waals surface area contributed by atoms with Gasteiger partial charge in [0, 0.05) is 25.8 Å². The van der Waals surface area contributed by atoms with Crippen molar-refractivity contribution in [3.05, 3.63) is 33.9 Å². The smallest absolute Gasteiger partial charge is 0.282 e. The maximum absolute atomic E-state index is 11.0. The summed E-state index contributed by atoms with van der Waals surface area (Å²) in [5.74, 6) is -0.801. The van der Waals surface area contributed by atoms with Crippen molar-refractivity contribution in [1.82, 2.24) is 0 Å². The van der Waals surface area contributed by atoms with E-state index < -0.39 is 10.8 Å². The quantitative estimate of drug-likeness (QED) is 0.587. The molecule has 0 heterocycles. The molecule has 1 aromatic rings. The molecule has 0 spiro atoms. The summed E-state index contributed by atoms with van der Waals surface area (Å²) >= 11 is 0. The zero-order chi connectivity index (χ0) is 11.6. The molecule has 0 bridgehead atoms. The van der Waals surface area contributed by atoms with E-state index in [4.69, 9.17) is 5.73 Å². The molecule has 0 atom stereocenters. The molecule has 6 nitrogen and oxygen atoms in total. The third-order valence-electron chi connectivity index (χ3n) is 1.96. The van der Waals surface area contributed by atoms with E-state index in [2.05, 4.69) is 0 Å². The average molecular weight is 209 g/mol. The summed E-state index contributed by atoms with van der Waals surface area (Å²) in [6.07, 6.45) is 0. The fourth-order valence-corrected chi connectivity index (χ4v) is 1.16. The van der Waals surface area contributed by atoms with Gasteiger partial charge in [0.15, 0.2) is 0 Å². The van der Waals surface area contributed by atoms with Crippen LogP contribution in [0.2, 0.25) is 0 Å². The zero-order valence-electron chi connectivity index (χ0n) is 8.43. The van der Waals surface area contributed by atoms with Gasteiger partial charge in [0.1, 0.15) is 5.56 Å². The van der Waals surface area contributed by atoms with Crippen molar-refractivity contribution < 1.29 is 9.72 Å². The minimum Gasteiger partial charge on any atom is -0.378 e. The fourth-order valence-electron chi connectivity index (χ4n) is 1.16. The molecule has 1 rings (SSSR count). The molecule has 1 amide bonds. The van der Waals surface area contributed by atoms with Crippen LogP contribution < -0.4 is 10.6 Å². The second-order valence-electron chi connectivity index (χ2n) is 3.22. The van der Waals surface area contributed by atoms with Crippen molar-refractivity contribution in [3.8, 4) is 0 Å². The molecule has 0 saturated heterocycles. The Hall–Kier alpha value is -2.11. The largest absolute Gasteiger partial charge is 0.378 e. The summed E-state index contributed by atoms with van der Waals surface area (Å²) in [4.78, 5) is 22.7. The maximum atomic E-state index is 11.0. The number of nitro groups is 1. The number of benzene rings is 1. The van der Waals surface area contributed by atoms with Crippen molar-refractivity contribution in [2.75, 3.05) is 19.0 Å². The topological polar surface area (TPSA) is 89.5 Å². The first-order chi connectivity index (χ1) is 6.93. The third-order valence-corrected chi connectivity index (χ3v) is 1.96. The van der Waals surface area contributed by atoms with Gasteiger partial charge in [0.25, 0.3) is 11.6 Å². The lowest BCUT2D eigenvalue weighted by molar-refractivity contribution is -0.385. The Morgan fingerprint density at radius 1 is 1.47 bits per heavy atom. The van der Waals surface area contributed by atoms with Crippen molar-refractivity contribution in [2.24, 2.45) is 5.73 Å². The number of anilines is 1. The van der Waals surface area contributed by atoms with Crippen LogP contribution in [0.25, 0.3) is 0 Å². The number of primary amides is 1. The van der Waals surface area contributed by atoms with Gasteiger partial charge < -0.3 is 10.6 Å². The first kappa shape index (κ1) is 11.0. The number of nitro benzene ring substituents is 1. The first-order valence-corrected chi connectivity index (χ1v) is 4.19. The van der Waals surface area contributed by atoms with Crippen molar-refractivity contribution in [2.45, 2.75) is 0 Å². The molecule has 0 aliphatic rings. The van der Waals surface area contributed by atoms with Gasteiger partial charge in [-0.25, -0.2) is 0 Å². The standard InChI is InChI=1S/C9H11N3O3/c1-11(2)6-3-4-8(12(14)15)7(5-6)9(10)13/h3-5H,1-2H3,(H2,10,13). The van der Waals surface area contributed by atoms with Gasteiger partial charge in [-0.05, 0) is 12.1 Å². The van der Waals surface area contributed by atoms with E-state index >= 15 is 0 Å². The highest BCUT2D eigenvalue weighted by atomic mass is 16.6. The maximum Gasteiger partial charge on any atom is 0.282 e. The summed E-state index contributed by atoms with van der Waals surface area (Å²) in [5, 5.41) is 10.6. The minimum absolute atomic E-state index is 0.0776. The van der Waals surface area contributed by atoms with E-state index in [1.165, 1.54) is 12.1 Å². The number of amides is 1. The van der Waals surface area contributed by atoms with Crippen LogP contribution >= 0.6 is 0 Å². The van der Waals surface area contributed by atoms with E-state index in [1.807, 2.05) is 0 Å². The van der Waals surface area contributed by atoms with Crippen LogP contribution in [0, 0.1) is 10.1 Å². The van der Waals surface area contributed by atoms with Gasteiger partial charge in [-0.3, -0.25) is 14.9 Å². The van der Waals surface area contributed by atoms with Crippen LogP contribution in [0.3, 0.4) is 0 Å². The highest BCUT2D eigenvalue weighted by molar-refractivity contribution is 5.97. The molecule has 1 aromatic carbocycles. The molecular formula is C9H11N3O3. The second kappa shape index (κ2) is 3.95. The van der Waals surface area contributed by atoms with Gasteiger partial charge in [-0.1, -0.05) is 0 Å². The highest BCUT2D eigenvalue weighted by Crippen LogP contribution is 2.23. The molecule has 0 radical (unpaired) electrons. The second-order valence-corrected chi connectivity index (χ2v) is 3.22. The molecular weight excluding hydrogens is 198 g/mol. The molecule has 2 N–H and O–H groups in total. The molecule has 6 heteroatoms. The fraction of sp³-hybridized carbons (Fsp3) is 0.222. The molecule has 0 aliphatic carbocycles. The molecule has 0 aliphatic heterocycles. The molecule has 80 valence electrons. The molecule has 0 fully saturated rings. The minimum atomic E-state index is -0.801. The summed E-state index contributed by atoms with van der Waals surface area (Å²) in [6, 6.07) is 4.24. The molecule has 0 unspecified atom stereocenters. The van der Waals surface area contributed by atoms with E-state index in [9.17, 15) is 14.9 Å². The lowest BCUT2D eigenvalue weighted by Gasteiger charge is -2.12. The predicted octanol–water partition coefficient (Wildman–Crippen LogP) is 0.760. The Balaban J connectivity index is 3.33. The van der Waals surface area contributed by atoms with Crippen LogP contribution in [0.4, 0.5) is 11.4 Å². The lowest BCUT2D eigenvalue weighted by atomic mass is 10.1. The van der Waals surface area contributed by atoms with Crippen LogP contribution in [-0.2, 0) is 0 Å². The Bertz CT molecular complexity index is 415. The van der Waals surface area contributed by atoms with Crippen molar-refractivity contribution >= 4 is 17.3 Å². The third kappa shape index (κ3) is 2.22. The number of nitrogens with two attached hydrogens (primary N) is 1.